The van der Waals surface area contributed by atoms with Gasteiger partial charge in [0.2, 0.25) is 0 Å². The SMILES string of the molecule is Cc1ccc(-c2ccc(-c3cc4c(s3)-c3c(C)c5c(c(C)c3C4(F)F)-c3sc(-c4ccc(-c6ccc(C)s6)s4)cc3C5(F)F)s2)s1. The number of rotatable bonds is 4. The van der Waals surface area contributed by atoms with Gasteiger partial charge in [-0.25, -0.2) is 0 Å². The average Bonchev–Trinajstić information content (AvgIpc) is 3.84. The molecular formula is C36H22F4S6. The number of hydrogen-bond donors (Lipinski definition) is 0. The molecule has 0 N–H and O–H groups in total. The van der Waals surface area contributed by atoms with E-state index in [-0.39, 0.29) is 44.5 Å². The minimum absolute atomic E-state index is 0.0790. The molecule has 6 heterocycles. The van der Waals surface area contributed by atoms with Gasteiger partial charge in [-0.2, -0.15) is 17.6 Å². The second kappa shape index (κ2) is 9.84. The minimum atomic E-state index is -3.28. The van der Waals surface area contributed by atoms with Gasteiger partial charge in [0.25, 0.3) is 0 Å². The molecule has 0 unspecified atom stereocenters. The predicted octanol–water partition coefficient (Wildman–Crippen LogP) is 14.2. The molecule has 0 atom stereocenters. The third-order valence-corrected chi connectivity index (χ3v) is 16.1. The highest BCUT2D eigenvalue weighted by Gasteiger charge is 2.55. The van der Waals surface area contributed by atoms with Gasteiger partial charge in [0.1, 0.15) is 0 Å². The van der Waals surface area contributed by atoms with Crippen molar-refractivity contribution in [2.24, 2.45) is 0 Å². The van der Waals surface area contributed by atoms with E-state index >= 15 is 17.6 Å². The highest BCUT2D eigenvalue weighted by molar-refractivity contribution is 7.28. The smallest absolute Gasteiger partial charge is 0.196 e. The summed E-state index contributed by atoms with van der Waals surface area (Å²) in [5, 5.41) is 0. The molecule has 0 nitrogen and oxygen atoms in total. The van der Waals surface area contributed by atoms with Crippen molar-refractivity contribution in [1.29, 1.82) is 0 Å². The van der Waals surface area contributed by atoms with Crippen LogP contribution in [0.15, 0.2) is 60.7 Å². The Hall–Kier alpha value is -2.86. The molecule has 10 heteroatoms. The number of fused-ring (bicyclic) bond motifs is 6. The number of aryl methyl sites for hydroxylation is 2. The molecule has 0 fully saturated rings. The molecule has 0 spiro atoms. The molecule has 0 aliphatic heterocycles. The van der Waals surface area contributed by atoms with Gasteiger partial charge < -0.3 is 0 Å². The molecule has 0 radical (unpaired) electrons. The van der Waals surface area contributed by atoms with Gasteiger partial charge in [-0.15, -0.1) is 68.0 Å². The molecule has 230 valence electrons. The Kier molecular flexibility index (Phi) is 6.27. The third-order valence-electron chi connectivity index (χ3n) is 8.89. The highest BCUT2D eigenvalue weighted by Crippen LogP contribution is 2.65. The molecule has 9 rings (SSSR count). The molecule has 0 bridgehead atoms. The molecule has 7 aromatic rings. The van der Waals surface area contributed by atoms with E-state index in [2.05, 4.69) is 38.1 Å². The topological polar surface area (TPSA) is 0 Å². The Morgan fingerprint density at radius 2 is 0.739 bits per heavy atom. The van der Waals surface area contributed by atoms with Gasteiger partial charge in [-0.3, -0.25) is 0 Å². The fourth-order valence-corrected chi connectivity index (χ4v) is 13.5. The molecule has 0 amide bonds. The summed E-state index contributed by atoms with van der Waals surface area (Å²) < 4.78 is 65.9. The standard InChI is InChI=1S/C36H22F4S6/c1-15-5-7-21(41-15)23-9-11-25(43-23)27-13-19-33(45-27)29-17(3)32-30(18(4)31(29)35(19,37)38)34-20(36(32,39)40)14-28(46-34)26-12-10-24(44-26)22-8-6-16(2)42-22/h5-14H,1-4H3. The lowest BCUT2D eigenvalue weighted by Gasteiger charge is -2.22. The van der Waals surface area contributed by atoms with Crippen molar-refractivity contribution >= 4 is 68.0 Å². The van der Waals surface area contributed by atoms with Crippen molar-refractivity contribution < 1.29 is 17.6 Å². The second-order valence-electron chi connectivity index (χ2n) is 11.8. The Morgan fingerprint density at radius 3 is 1.09 bits per heavy atom. The van der Waals surface area contributed by atoms with Crippen LogP contribution in [-0.4, -0.2) is 0 Å². The van der Waals surface area contributed by atoms with Crippen LogP contribution in [0, 0.1) is 27.7 Å². The first-order chi connectivity index (χ1) is 21.9. The summed E-state index contributed by atoms with van der Waals surface area (Å²) in [7, 11) is 0. The summed E-state index contributed by atoms with van der Waals surface area (Å²) in [6, 6.07) is 19.4. The zero-order valence-corrected chi connectivity index (χ0v) is 29.6. The summed E-state index contributed by atoms with van der Waals surface area (Å²) in [6.45, 7) is 7.32. The van der Waals surface area contributed by atoms with Crippen LogP contribution in [0.3, 0.4) is 0 Å². The van der Waals surface area contributed by atoms with E-state index in [1.165, 1.54) is 32.4 Å². The first-order valence-electron chi connectivity index (χ1n) is 14.5. The maximum absolute atomic E-state index is 16.5. The van der Waals surface area contributed by atoms with E-state index in [0.29, 0.717) is 9.75 Å². The Labute approximate surface area is 286 Å². The molecule has 1 aromatic carbocycles. The van der Waals surface area contributed by atoms with Gasteiger partial charge in [0.15, 0.2) is 0 Å². The van der Waals surface area contributed by atoms with E-state index in [1.54, 1.807) is 71.3 Å². The zero-order valence-electron chi connectivity index (χ0n) is 24.7. The van der Waals surface area contributed by atoms with Crippen LogP contribution in [0.25, 0.3) is 59.9 Å². The lowest BCUT2D eigenvalue weighted by molar-refractivity contribution is 0.0444. The van der Waals surface area contributed by atoms with Crippen molar-refractivity contribution in [3.8, 4) is 59.9 Å². The summed E-state index contributed by atoms with van der Waals surface area (Å²) >= 11 is 9.10. The van der Waals surface area contributed by atoms with E-state index in [1.807, 2.05) is 24.3 Å². The second-order valence-corrected chi connectivity index (χ2v) is 18.6. The largest absolute Gasteiger partial charge is 0.300 e. The van der Waals surface area contributed by atoms with Crippen molar-refractivity contribution in [2.45, 2.75) is 39.5 Å². The fourth-order valence-electron chi connectivity index (χ4n) is 6.82. The first kappa shape index (κ1) is 29.3. The number of alkyl halides is 4. The number of benzene rings is 1. The van der Waals surface area contributed by atoms with Crippen molar-refractivity contribution in [2.75, 3.05) is 0 Å². The maximum atomic E-state index is 16.5. The van der Waals surface area contributed by atoms with Crippen molar-refractivity contribution in [3.05, 3.63) is 104 Å². The normalized spacial score (nSPS) is 15.3. The van der Waals surface area contributed by atoms with E-state index < -0.39 is 11.8 Å². The predicted molar refractivity (Wildman–Crippen MR) is 191 cm³/mol. The summed E-state index contributed by atoms with van der Waals surface area (Å²) in [6.07, 6.45) is 0. The van der Waals surface area contributed by atoms with Crippen LogP contribution in [0.5, 0.6) is 0 Å². The summed E-state index contributed by atoms with van der Waals surface area (Å²) in [5.74, 6) is -6.57. The van der Waals surface area contributed by atoms with E-state index in [4.69, 9.17) is 0 Å². The molecule has 2 aliphatic rings. The van der Waals surface area contributed by atoms with Crippen molar-refractivity contribution in [3.63, 3.8) is 0 Å². The van der Waals surface area contributed by atoms with Crippen LogP contribution in [-0.2, 0) is 11.8 Å². The number of thiophene rings is 6. The Balaban J connectivity index is 1.16. The molecule has 6 aromatic heterocycles. The van der Waals surface area contributed by atoms with Crippen LogP contribution in [0.1, 0.15) is 43.1 Å². The summed E-state index contributed by atoms with van der Waals surface area (Å²) in [5.41, 5.74) is 0.665. The monoisotopic (exact) mass is 722 g/mol. The molecule has 0 saturated heterocycles. The van der Waals surface area contributed by atoms with Crippen molar-refractivity contribution in [1.82, 2.24) is 0 Å². The lowest BCUT2D eigenvalue weighted by Crippen LogP contribution is -2.16. The molecule has 2 aliphatic carbocycles. The van der Waals surface area contributed by atoms with Crippen LogP contribution < -0.4 is 0 Å². The first-order valence-corrected chi connectivity index (χ1v) is 19.4. The van der Waals surface area contributed by atoms with Gasteiger partial charge in [0.05, 0.1) is 0 Å². The maximum Gasteiger partial charge on any atom is 0.300 e. The summed E-state index contributed by atoms with van der Waals surface area (Å²) in [4.78, 5) is 11.0. The van der Waals surface area contributed by atoms with Gasteiger partial charge in [-0.1, -0.05) is 0 Å². The quantitative estimate of drug-likeness (QED) is 0.159. The lowest BCUT2D eigenvalue weighted by atomic mass is 9.88. The number of hydrogen-bond acceptors (Lipinski definition) is 6. The average molecular weight is 723 g/mol. The fraction of sp³-hybridized carbons (Fsp3) is 0.167. The molecule has 0 saturated carbocycles. The minimum Gasteiger partial charge on any atom is -0.196 e. The van der Waals surface area contributed by atoms with E-state index in [9.17, 15) is 0 Å². The van der Waals surface area contributed by atoms with Crippen LogP contribution in [0.2, 0.25) is 0 Å². The van der Waals surface area contributed by atoms with Gasteiger partial charge in [0, 0.05) is 91.9 Å². The zero-order chi connectivity index (χ0) is 31.9. The van der Waals surface area contributed by atoms with Crippen LogP contribution >= 0.6 is 68.0 Å². The highest BCUT2D eigenvalue weighted by atomic mass is 32.1. The van der Waals surface area contributed by atoms with E-state index in [0.717, 1.165) is 39.0 Å². The molecular weight excluding hydrogens is 701 g/mol. The van der Waals surface area contributed by atoms with Crippen LogP contribution in [0.4, 0.5) is 17.6 Å². The Bertz CT molecular complexity index is 2220. The Morgan fingerprint density at radius 1 is 0.413 bits per heavy atom. The third kappa shape index (κ3) is 3.97. The number of halogens is 4. The molecule has 46 heavy (non-hydrogen) atoms. The van der Waals surface area contributed by atoms with Gasteiger partial charge >= 0.3 is 11.8 Å². The van der Waals surface area contributed by atoms with Gasteiger partial charge in [-0.05, 0) is 99.5 Å².